The summed E-state index contributed by atoms with van der Waals surface area (Å²) < 4.78 is 49.5. The van der Waals surface area contributed by atoms with E-state index in [9.17, 15) is 12.6 Å². The Hall–Kier alpha value is -3.96. The molecule has 3 aromatic carbocycles. The molecule has 9 nitrogen and oxygen atoms in total. The monoisotopic (exact) mass is 551 g/mol. The van der Waals surface area contributed by atoms with E-state index in [2.05, 4.69) is 20.6 Å². The van der Waals surface area contributed by atoms with E-state index in [-0.39, 0.29) is 4.90 Å². The predicted octanol–water partition coefficient (Wildman–Crippen LogP) is 5.34. The fraction of sp³-hybridized carbons (Fsp3) is 0.185. The van der Waals surface area contributed by atoms with E-state index in [0.29, 0.717) is 35.5 Å². The van der Waals surface area contributed by atoms with Crippen LogP contribution in [0.3, 0.4) is 0 Å². The molecule has 0 saturated heterocycles. The largest absolute Gasteiger partial charge is 0.494 e. The molecule has 1 heterocycles. The van der Waals surface area contributed by atoms with Crippen LogP contribution >= 0.6 is 0 Å². The quantitative estimate of drug-likeness (QED) is 0.241. The first-order valence-electron chi connectivity index (χ1n) is 11.8. The molecule has 0 amide bonds. The van der Waals surface area contributed by atoms with E-state index in [4.69, 9.17) is 9.52 Å². The van der Waals surface area contributed by atoms with Crippen molar-refractivity contribution < 1.29 is 17.4 Å². The summed E-state index contributed by atoms with van der Waals surface area (Å²) in [6.07, 6.45) is 4.24. The molecule has 4 rings (SSSR count). The Morgan fingerprint density at radius 2 is 1.63 bits per heavy atom. The molecular weight excluding hydrogens is 522 g/mol. The molecule has 0 fully saturated rings. The molecule has 0 aliphatic carbocycles. The average molecular weight is 552 g/mol. The van der Waals surface area contributed by atoms with Crippen LogP contribution in [0.25, 0.3) is 11.1 Å². The van der Waals surface area contributed by atoms with Gasteiger partial charge in [0.1, 0.15) is 11.6 Å². The smallest absolute Gasteiger partial charge is 0.229 e. The Morgan fingerprint density at radius 3 is 2.32 bits per heavy atom. The third-order valence-electron chi connectivity index (χ3n) is 5.59. The van der Waals surface area contributed by atoms with Gasteiger partial charge < -0.3 is 15.4 Å². The number of aromatic nitrogens is 2. The first kappa shape index (κ1) is 27.1. The standard InChI is InChI=1S/C27H29N5O4S2/c1-4-36-22-13-11-20(12-14-22)25-18-30-27(31-21-8-6-9-23(16-21)37(2,28)33)32-26(25)29-17-19-7-5-10-24(15-19)38(3,34)35/h5-16,18,28H,4,17H2,1-3H3,(H2,29,30,31,32). The molecule has 1 unspecified atom stereocenters. The minimum atomic E-state index is -3.33. The van der Waals surface area contributed by atoms with E-state index in [1.807, 2.05) is 37.3 Å². The summed E-state index contributed by atoms with van der Waals surface area (Å²) in [5.41, 5.74) is 2.99. The highest BCUT2D eigenvalue weighted by Crippen LogP contribution is 2.30. The van der Waals surface area contributed by atoms with Crippen molar-refractivity contribution in [3.8, 4) is 16.9 Å². The third kappa shape index (κ3) is 6.87. The number of anilines is 3. The van der Waals surface area contributed by atoms with E-state index < -0.39 is 19.6 Å². The second-order valence-corrected chi connectivity index (χ2v) is 12.9. The van der Waals surface area contributed by atoms with Crippen molar-refractivity contribution in [2.45, 2.75) is 23.3 Å². The maximum Gasteiger partial charge on any atom is 0.229 e. The van der Waals surface area contributed by atoms with Crippen LogP contribution in [0.1, 0.15) is 12.5 Å². The number of nitrogens with zero attached hydrogens (tertiary/aromatic N) is 2. The molecule has 0 bridgehead atoms. The van der Waals surface area contributed by atoms with Gasteiger partial charge >= 0.3 is 0 Å². The molecule has 11 heteroatoms. The maximum atomic E-state index is 12.2. The van der Waals surface area contributed by atoms with Crippen molar-refractivity contribution in [2.24, 2.45) is 0 Å². The van der Waals surface area contributed by atoms with Gasteiger partial charge in [-0.1, -0.05) is 30.3 Å². The second-order valence-electron chi connectivity index (χ2n) is 8.68. The van der Waals surface area contributed by atoms with E-state index in [0.717, 1.165) is 22.4 Å². The number of ether oxygens (including phenoxy) is 1. The van der Waals surface area contributed by atoms with Gasteiger partial charge in [-0.15, -0.1) is 0 Å². The third-order valence-corrected chi connectivity index (χ3v) is 7.86. The average Bonchev–Trinajstić information content (AvgIpc) is 2.88. The number of hydrogen-bond donors (Lipinski definition) is 3. The van der Waals surface area contributed by atoms with E-state index in [1.54, 1.807) is 48.7 Å². The lowest BCUT2D eigenvalue weighted by Gasteiger charge is -2.14. The van der Waals surface area contributed by atoms with Crippen LogP contribution in [-0.4, -0.2) is 41.7 Å². The van der Waals surface area contributed by atoms with Crippen LogP contribution < -0.4 is 15.4 Å². The Morgan fingerprint density at radius 1 is 0.921 bits per heavy atom. The Bertz CT molecular complexity index is 1660. The van der Waals surface area contributed by atoms with Gasteiger partial charge in [0.25, 0.3) is 0 Å². The van der Waals surface area contributed by atoms with Crippen molar-refractivity contribution in [1.29, 1.82) is 4.78 Å². The van der Waals surface area contributed by atoms with Gasteiger partial charge in [-0.2, -0.15) is 4.98 Å². The Balaban J connectivity index is 1.67. The topological polar surface area (TPSA) is 134 Å². The Labute approximate surface area is 223 Å². The molecule has 1 atom stereocenters. The van der Waals surface area contributed by atoms with Crippen molar-refractivity contribution in [3.63, 3.8) is 0 Å². The molecule has 0 saturated carbocycles. The van der Waals surface area contributed by atoms with Crippen molar-refractivity contribution in [2.75, 3.05) is 29.8 Å². The highest BCUT2D eigenvalue weighted by atomic mass is 32.2. The van der Waals surface area contributed by atoms with Crippen LogP contribution in [0.15, 0.2) is 88.8 Å². The fourth-order valence-corrected chi connectivity index (χ4v) is 5.08. The molecule has 1 aromatic heterocycles. The van der Waals surface area contributed by atoms with Crippen LogP contribution in [0.5, 0.6) is 5.75 Å². The number of hydrogen-bond acceptors (Lipinski definition) is 9. The first-order chi connectivity index (χ1) is 18.0. The summed E-state index contributed by atoms with van der Waals surface area (Å²) in [4.78, 5) is 9.80. The van der Waals surface area contributed by atoms with E-state index in [1.165, 1.54) is 12.5 Å². The maximum absolute atomic E-state index is 12.2. The molecule has 4 aromatic rings. The van der Waals surface area contributed by atoms with Crippen LogP contribution in [-0.2, 0) is 26.1 Å². The summed E-state index contributed by atoms with van der Waals surface area (Å²) in [6, 6.07) is 21.1. The van der Waals surface area contributed by atoms with Gasteiger partial charge in [-0.25, -0.2) is 22.4 Å². The van der Waals surface area contributed by atoms with Crippen LogP contribution in [0.4, 0.5) is 17.5 Å². The minimum absolute atomic E-state index is 0.246. The Kier molecular flexibility index (Phi) is 7.98. The molecule has 38 heavy (non-hydrogen) atoms. The van der Waals surface area contributed by atoms with Gasteiger partial charge in [-0.05, 0) is 60.5 Å². The summed E-state index contributed by atoms with van der Waals surface area (Å²) in [7, 11) is -6.21. The number of rotatable bonds is 10. The molecule has 198 valence electrons. The zero-order chi connectivity index (χ0) is 27.3. The van der Waals surface area contributed by atoms with Crippen LogP contribution in [0, 0.1) is 4.78 Å². The highest BCUT2D eigenvalue weighted by molar-refractivity contribution is 7.91. The van der Waals surface area contributed by atoms with Crippen molar-refractivity contribution in [3.05, 3.63) is 84.6 Å². The minimum Gasteiger partial charge on any atom is -0.494 e. The highest BCUT2D eigenvalue weighted by Gasteiger charge is 2.13. The van der Waals surface area contributed by atoms with Crippen molar-refractivity contribution in [1.82, 2.24) is 9.97 Å². The molecule has 3 N–H and O–H groups in total. The molecule has 0 radical (unpaired) electrons. The second kappa shape index (κ2) is 11.2. The fourth-order valence-electron chi connectivity index (χ4n) is 3.70. The van der Waals surface area contributed by atoms with Gasteiger partial charge in [0.15, 0.2) is 9.84 Å². The lowest BCUT2D eigenvalue weighted by molar-refractivity contribution is 0.340. The summed E-state index contributed by atoms with van der Waals surface area (Å²) >= 11 is 0. The summed E-state index contributed by atoms with van der Waals surface area (Å²) in [6.45, 7) is 2.82. The number of nitrogens with one attached hydrogen (secondary N) is 3. The number of sulfone groups is 1. The van der Waals surface area contributed by atoms with Gasteiger partial charge in [-0.3, -0.25) is 0 Å². The van der Waals surface area contributed by atoms with E-state index >= 15 is 0 Å². The lowest BCUT2D eigenvalue weighted by Crippen LogP contribution is -2.07. The SMILES string of the molecule is CCOc1ccc(-c2cnc(Nc3cccc(S(C)(=N)=O)c3)nc2NCc2cccc(S(C)(=O)=O)c2)cc1. The number of benzene rings is 3. The zero-order valence-electron chi connectivity index (χ0n) is 21.3. The van der Waals surface area contributed by atoms with Gasteiger partial charge in [0, 0.05) is 41.4 Å². The van der Waals surface area contributed by atoms with Gasteiger partial charge in [0.05, 0.1) is 21.2 Å². The summed E-state index contributed by atoms with van der Waals surface area (Å²) in [5, 5.41) is 6.43. The van der Waals surface area contributed by atoms with Crippen molar-refractivity contribution >= 4 is 37.0 Å². The molecular formula is C27H29N5O4S2. The molecule has 0 spiro atoms. The van der Waals surface area contributed by atoms with Gasteiger partial charge in [0.2, 0.25) is 5.95 Å². The predicted molar refractivity (Wildman–Crippen MR) is 150 cm³/mol. The summed E-state index contributed by atoms with van der Waals surface area (Å²) in [5.74, 6) is 1.59. The molecule has 0 aliphatic rings. The normalized spacial score (nSPS) is 12.9. The van der Waals surface area contributed by atoms with Crippen LogP contribution in [0.2, 0.25) is 0 Å². The zero-order valence-corrected chi connectivity index (χ0v) is 22.9. The lowest BCUT2D eigenvalue weighted by atomic mass is 10.1. The first-order valence-corrected chi connectivity index (χ1v) is 15.6. The molecule has 0 aliphatic heterocycles.